The van der Waals surface area contributed by atoms with Crippen molar-refractivity contribution in [3.63, 3.8) is 0 Å². The molecule has 2 aliphatic rings. The van der Waals surface area contributed by atoms with E-state index in [4.69, 9.17) is 4.52 Å². The maximum Gasteiger partial charge on any atom is 0.223 e. The van der Waals surface area contributed by atoms with E-state index in [0.717, 1.165) is 49.1 Å². The molecule has 2 aromatic rings. The van der Waals surface area contributed by atoms with Gasteiger partial charge < -0.3 is 9.42 Å². The second kappa shape index (κ2) is 6.08. The summed E-state index contributed by atoms with van der Waals surface area (Å²) in [6.45, 7) is 3.87. The Morgan fingerprint density at radius 3 is 2.75 bits per heavy atom. The first kappa shape index (κ1) is 15.4. The van der Waals surface area contributed by atoms with E-state index in [1.165, 1.54) is 11.1 Å². The number of benzene rings is 1. The summed E-state index contributed by atoms with van der Waals surface area (Å²) in [4.78, 5) is 15.2. The molecule has 126 valence electrons. The highest BCUT2D eigenvalue weighted by Crippen LogP contribution is 2.42. The average Bonchev–Trinajstić information content (AvgIpc) is 3.25. The molecule has 1 aromatic carbocycles. The number of fused-ring (bicyclic) bond motifs is 1. The van der Waals surface area contributed by atoms with Crippen molar-refractivity contribution in [2.24, 2.45) is 0 Å². The van der Waals surface area contributed by atoms with Gasteiger partial charge in [-0.3, -0.25) is 4.79 Å². The molecular formula is C20H24N2O2. The van der Waals surface area contributed by atoms with Crippen LogP contribution in [0.25, 0.3) is 0 Å². The van der Waals surface area contributed by atoms with Gasteiger partial charge in [-0.25, -0.2) is 0 Å². The molecule has 4 rings (SSSR count). The van der Waals surface area contributed by atoms with Crippen LogP contribution in [-0.4, -0.2) is 22.0 Å². The minimum absolute atomic E-state index is 0.269. The zero-order chi connectivity index (χ0) is 16.7. The molecule has 1 saturated carbocycles. The number of amides is 1. The fourth-order valence-electron chi connectivity index (χ4n) is 4.03. The third kappa shape index (κ3) is 2.74. The van der Waals surface area contributed by atoms with Gasteiger partial charge in [0.15, 0.2) is 0 Å². The van der Waals surface area contributed by atoms with Crippen LogP contribution in [0.4, 0.5) is 0 Å². The Bertz CT molecular complexity index is 741. The number of nitrogens with zero attached hydrogens (tertiary/aromatic N) is 2. The van der Waals surface area contributed by atoms with E-state index in [-0.39, 0.29) is 11.9 Å². The van der Waals surface area contributed by atoms with Gasteiger partial charge in [-0.15, -0.1) is 0 Å². The Kier molecular flexibility index (Phi) is 3.91. The molecule has 0 bridgehead atoms. The third-order valence-electron chi connectivity index (χ3n) is 5.44. The van der Waals surface area contributed by atoms with E-state index >= 15 is 0 Å². The number of hydrogen-bond acceptors (Lipinski definition) is 3. The number of aromatic nitrogens is 1. The van der Waals surface area contributed by atoms with E-state index in [1.807, 2.05) is 13.8 Å². The maximum atomic E-state index is 13.0. The number of rotatable bonds is 5. The summed E-state index contributed by atoms with van der Waals surface area (Å²) in [5.74, 6) is 1.11. The van der Waals surface area contributed by atoms with Gasteiger partial charge in [0.25, 0.3) is 0 Å². The lowest BCUT2D eigenvalue weighted by molar-refractivity contribution is -0.134. The monoisotopic (exact) mass is 324 g/mol. The van der Waals surface area contributed by atoms with E-state index in [1.54, 1.807) is 0 Å². The first-order valence-corrected chi connectivity index (χ1v) is 8.96. The van der Waals surface area contributed by atoms with Crippen LogP contribution in [0.2, 0.25) is 0 Å². The van der Waals surface area contributed by atoms with Crippen molar-refractivity contribution in [2.45, 2.75) is 64.5 Å². The Morgan fingerprint density at radius 1 is 1.25 bits per heavy atom. The molecule has 0 unspecified atom stereocenters. The normalized spacial score (nSPS) is 19.3. The lowest BCUT2D eigenvalue weighted by atomic mass is 10.0. The number of aryl methyl sites for hydroxylation is 3. The molecule has 1 amide bonds. The lowest BCUT2D eigenvalue weighted by Gasteiger charge is -2.30. The number of carbonyl (C=O) groups excluding carboxylic acids is 1. The van der Waals surface area contributed by atoms with E-state index in [0.29, 0.717) is 12.5 Å². The van der Waals surface area contributed by atoms with Crippen LogP contribution in [0.1, 0.15) is 59.9 Å². The topological polar surface area (TPSA) is 46.3 Å². The smallest absolute Gasteiger partial charge is 0.223 e. The van der Waals surface area contributed by atoms with Crippen LogP contribution >= 0.6 is 0 Å². The van der Waals surface area contributed by atoms with Gasteiger partial charge in [0.1, 0.15) is 5.76 Å². The van der Waals surface area contributed by atoms with Crippen LogP contribution in [0.15, 0.2) is 28.8 Å². The summed E-state index contributed by atoms with van der Waals surface area (Å²) in [6, 6.07) is 9.31. The van der Waals surface area contributed by atoms with Crippen molar-refractivity contribution in [3.05, 3.63) is 52.4 Å². The maximum absolute atomic E-state index is 13.0. The molecule has 4 heteroatoms. The molecule has 1 fully saturated rings. The fourth-order valence-corrected chi connectivity index (χ4v) is 4.03. The SMILES string of the molecule is Cc1noc(C)c1CCC(=O)N(C1CC1)[C@@H]1CCc2ccccc21. The standard InChI is InChI=1S/C20H24N2O2/c1-13-17(14(2)24-21-13)10-12-20(23)22(16-8-9-16)19-11-7-15-5-3-4-6-18(15)19/h3-6,16,19H,7-12H2,1-2H3/t19-/m1/s1. The molecule has 4 nitrogen and oxygen atoms in total. The molecule has 1 heterocycles. The van der Waals surface area contributed by atoms with Crippen molar-refractivity contribution in [3.8, 4) is 0 Å². The summed E-state index contributed by atoms with van der Waals surface area (Å²) in [7, 11) is 0. The third-order valence-corrected chi connectivity index (χ3v) is 5.44. The molecular weight excluding hydrogens is 300 g/mol. The van der Waals surface area contributed by atoms with Crippen molar-refractivity contribution < 1.29 is 9.32 Å². The molecule has 0 spiro atoms. The molecule has 0 aliphatic heterocycles. The van der Waals surface area contributed by atoms with Gasteiger partial charge in [0, 0.05) is 18.0 Å². The van der Waals surface area contributed by atoms with Crippen LogP contribution in [0.3, 0.4) is 0 Å². The molecule has 1 aromatic heterocycles. The number of carbonyl (C=O) groups is 1. The quantitative estimate of drug-likeness (QED) is 0.838. The zero-order valence-electron chi connectivity index (χ0n) is 14.4. The minimum atomic E-state index is 0.269. The van der Waals surface area contributed by atoms with Crippen molar-refractivity contribution >= 4 is 5.91 Å². The van der Waals surface area contributed by atoms with Crippen LogP contribution in [0.5, 0.6) is 0 Å². The van der Waals surface area contributed by atoms with Gasteiger partial charge in [0.05, 0.1) is 11.7 Å². The highest BCUT2D eigenvalue weighted by molar-refractivity contribution is 5.78. The summed E-state index contributed by atoms with van der Waals surface area (Å²) < 4.78 is 5.22. The van der Waals surface area contributed by atoms with Gasteiger partial charge in [-0.05, 0) is 57.1 Å². The Labute approximate surface area is 142 Å². The Balaban J connectivity index is 1.51. The second-order valence-corrected chi connectivity index (χ2v) is 7.09. The predicted octanol–water partition coefficient (Wildman–Crippen LogP) is 3.90. The molecule has 0 N–H and O–H groups in total. The highest BCUT2D eigenvalue weighted by atomic mass is 16.5. The highest BCUT2D eigenvalue weighted by Gasteiger charge is 2.40. The Hall–Kier alpha value is -2.10. The molecule has 0 radical (unpaired) electrons. The van der Waals surface area contributed by atoms with E-state index in [9.17, 15) is 4.79 Å². The van der Waals surface area contributed by atoms with Gasteiger partial charge in [-0.1, -0.05) is 29.4 Å². The lowest BCUT2D eigenvalue weighted by Crippen LogP contribution is -2.36. The van der Waals surface area contributed by atoms with Crippen LogP contribution in [-0.2, 0) is 17.6 Å². The van der Waals surface area contributed by atoms with Gasteiger partial charge in [-0.2, -0.15) is 0 Å². The minimum Gasteiger partial charge on any atom is -0.361 e. The van der Waals surface area contributed by atoms with Gasteiger partial charge in [0.2, 0.25) is 5.91 Å². The van der Waals surface area contributed by atoms with E-state index in [2.05, 4.69) is 34.3 Å². The first-order valence-electron chi connectivity index (χ1n) is 8.96. The fraction of sp³-hybridized carbons (Fsp3) is 0.500. The van der Waals surface area contributed by atoms with Crippen LogP contribution in [0, 0.1) is 13.8 Å². The molecule has 2 aliphatic carbocycles. The molecule has 1 atom stereocenters. The zero-order valence-corrected chi connectivity index (χ0v) is 14.4. The second-order valence-electron chi connectivity index (χ2n) is 7.09. The largest absolute Gasteiger partial charge is 0.361 e. The molecule has 0 saturated heterocycles. The van der Waals surface area contributed by atoms with Crippen molar-refractivity contribution in [2.75, 3.05) is 0 Å². The summed E-state index contributed by atoms with van der Waals surface area (Å²) >= 11 is 0. The Morgan fingerprint density at radius 2 is 2.04 bits per heavy atom. The predicted molar refractivity (Wildman–Crippen MR) is 91.7 cm³/mol. The van der Waals surface area contributed by atoms with Crippen molar-refractivity contribution in [1.29, 1.82) is 0 Å². The van der Waals surface area contributed by atoms with Gasteiger partial charge >= 0.3 is 0 Å². The van der Waals surface area contributed by atoms with Crippen LogP contribution < -0.4 is 0 Å². The first-order chi connectivity index (χ1) is 11.6. The summed E-state index contributed by atoms with van der Waals surface area (Å²) in [5.41, 5.74) is 4.76. The number of hydrogen-bond donors (Lipinski definition) is 0. The van der Waals surface area contributed by atoms with Crippen molar-refractivity contribution in [1.82, 2.24) is 10.1 Å². The average molecular weight is 324 g/mol. The summed E-state index contributed by atoms with van der Waals surface area (Å²) in [6.07, 6.45) is 5.70. The summed E-state index contributed by atoms with van der Waals surface area (Å²) in [5, 5.41) is 3.99. The van der Waals surface area contributed by atoms with E-state index < -0.39 is 0 Å². The molecule has 24 heavy (non-hydrogen) atoms.